The minimum absolute atomic E-state index is 0.0832. The minimum Gasteiger partial charge on any atom is -0.322 e. The Bertz CT molecular complexity index is 980. The van der Waals surface area contributed by atoms with Gasteiger partial charge in [0.2, 0.25) is 0 Å². The van der Waals surface area contributed by atoms with E-state index in [1.807, 2.05) is 30.3 Å². The van der Waals surface area contributed by atoms with E-state index in [4.69, 9.17) is 0 Å². The molecule has 2 heterocycles. The quantitative estimate of drug-likeness (QED) is 0.764. The first kappa shape index (κ1) is 21.8. The van der Waals surface area contributed by atoms with Crippen molar-refractivity contribution in [1.29, 1.82) is 0 Å². The first-order valence-electron chi connectivity index (χ1n) is 10.9. The molecule has 31 heavy (non-hydrogen) atoms. The molecule has 1 saturated carbocycles. The van der Waals surface area contributed by atoms with Crippen LogP contribution in [-0.4, -0.2) is 77.0 Å². The number of piperazine rings is 1. The van der Waals surface area contributed by atoms with E-state index < -0.39 is 10.2 Å². The number of anilines is 1. The molecular weight excluding hydrogens is 416 g/mol. The SMILES string of the molecule is CN(C1CCCCC1)S(=O)(=O)N1CCN(C(=O)Nc2ccn(-c3ccccc3)n2)CC1. The normalized spacial score (nSPS) is 19.0. The number of rotatable bonds is 5. The fourth-order valence-electron chi connectivity index (χ4n) is 4.24. The van der Waals surface area contributed by atoms with Crippen molar-refractivity contribution in [2.24, 2.45) is 0 Å². The van der Waals surface area contributed by atoms with E-state index in [0.717, 1.165) is 31.4 Å². The number of amides is 2. The van der Waals surface area contributed by atoms with Crippen molar-refractivity contribution >= 4 is 22.1 Å². The Morgan fingerprint density at radius 2 is 1.71 bits per heavy atom. The molecule has 0 bridgehead atoms. The van der Waals surface area contributed by atoms with Crippen LogP contribution in [-0.2, 0) is 10.2 Å². The van der Waals surface area contributed by atoms with E-state index in [1.165, 1.54) is 15.0 Å². The Balaban J connectivity index is 1.31. The van der Waals surface area contributed by atoms with Gasteiger partial charge in [0.15, 0.2) is 5.82 Å². The molecule has 2 amide bonds. The summed E-state index contributed by atoms with van der Waals surface area (Å²) in [6.07, 6.45) is 6.98. The summed E-state index contributed by atoms with van der Waals surface area (Å²) in [6.45, 7) is 1.29. The third-order valence-corrected chi connectivity index (χ3v) is 8.19. The third-order valence-electron chi connectivity index (χ3n) is 6.15. The smallest absolute Gasteiger partial charge is 0.322 e. The molecule has 4 rings (SSSR count). The maximum atomic E-state index is 13.0. The van der Waals surface area contributed by atoms with Gasteiger partial charge in [-0.15, -0.1) is 5.10 Å². The number of benzene rings is 1. The van der Waals surface area contributed by atoms with Gasteiger partial charge in [-0.2, -0.15) is 17.0 Å². The second-order valence-electron chi connectivity index (χ2n) is 8.11. The van der Waals surface area contributed by atoms with E-state index in [9.17, 15) is 13.2 Å². The molecule has 1 aromatic carbocycles. The molecule has 1 saturated heterocycles. The van der Waals surface area contributed by atoms with Gasteiger partial charge in [-0.1, -0.05) is 37.5 Å². The molecule has 9 nitrogen and oxygen atoms in total. The van der Waals surface area contributed by atoms with Crippen LogP contribution in [0.5, 0.6) is 0 Å². The van der Waals surface area contributed by atoms with Gasteiger partial charge in [0, 0.05) is 51.5 Å². The van der Waals surface area contributed by atoms with Crippen LogP contribution in [0.3, 0.4) is 0 Å². The molecule has 0 unspecified atom stereocenters. The highest BCUT2D eigenvalue weighted by molar-refractivity contribution is 7.86. The van der Waals surface area contributed by atoms with Gasteiger partial charge in [0.25, 0.3) is 10.2 Å². The number of hydrogen-bond donors (Lipinski definition) is 1. The largest absolute Gasteiger partial charge is 0.323 e. The lowest BCUT2D eigenvalue weighted by Crippen LogP contribution is -2.55. The predicted molar refractivity (Wildman–Crippen MR) is 119 cm³/mol. The molecular formula is C21H30N6O3S. The highest BCUT2D eigenvalue weighted by atomic mass is 32.2. The van der Waals surface area contributed by atoms with E-state index in [2.05, 4.69) is 10.4 Å². The van der Waals surface area contributed by atoms with Gasteiger partial charge in [-0.05, 0) is 25.0 Å². The summed E-state index contributed by atoms with van der Waals surface area (Å²) in [5.74, 6) is 0.459. The molecule has 1 aliphatic carbocycles. The number of nitrogens with zero attached hydrogens (tertiary/aromatic N) is 5. The summed E-state index contributed by atoms with van der Waals surface area (Å²) in [5, 5.41) is 7.20. The average Bonchev–Trinajstić information content (AvgIpc) is 3.28. The Labute approximate surface area is 183 Å². The second kappa shape index (κ2) is 9.37. The molecule has 2 aliphatic rings. The number of para-hydroxylation sites is 1. The zero-order valence-corrected chi connectivity index (χ0v) is 18.7. The van der Waals surface area contributed by atoms with E-state index in [-0.39, 0.29) is 12.1 Å². The lowest BCUT2D eigenvalue weighted by molar-refractivity contribution is 0.177. The van der Waals surface area contributed by atoms with Crippen LogP contribution >= 0.6 is 0 Å². The zero-order valence-electron chi connectivity index (χ0n) is 17.9. The summed E-state index contributed by atoms with van der Waals surface area (Å²) < 4.78 is 30.8. The van der Waals surface area contributed by atoms with Crippen LogP contribution in [0.1, 0.15) is 32.1 Å². The maximum Gasteiger partial charge on any atom is 0.323 e. The summed E-state index contributed by atoms with van der Waals surface area (Å²) in [7, 11) is -1.82. The lowest BCUT2D eigenvalue weighted by atomic mass is 9.96. The monoisotopic (exact) mass is 446 g/mol. The van der Waals surface area contributed by atoms with E-state index in [0.29, 0.717) is 32.0 Å². The second-order valence-corrected chi connectivity index (χ2v) is 10.1. The van der Waals surface area contributed by atoms with Crippen molar-refractivity contribution in [3.05, 3.63) is 42.6 Å². The predicted octanol–water partition coefficient (Wildman–Crippen LogP) is 2.53. The highest BCUT2D eigenvalue weighted by Crippen LogP contribution is 2.25. The van der Waals surface area contributed by atoms with Gasteiger partial charge in [-0.3, -0.25) is 5.32 Å². The molecule has 1 aromatic heterocycles. The topological polar surface area (TPSA) is 90.8 Å². The summed E-state index contributed by atoms with van der Waals surface area (Å²) in [5.41, 5.74) is 0.906. The Kier molecular flexibility index (Phi) is 6.59. The Morgan fingerprint density at radius 3 is 2.39 bits per heavy atom. The van der Waals surface area contributed by atoms with Crippen LogP contribution < -0.4 is 5.32 Å². The number of carbonyl (C=O) groups excluding carboxylic acids is 1. The third kappa shape index (κ3) is 4.91. The molecule has 0 atom stereocenters. The van der Waals surface area contributed by atoms with E-state index >= 15 is 0 Å². The fourth-order valence-corrected chi connectivity index (χ4v) is 5.82. The Hall–Kier alpha value is -2.43. The first-order valence-corrected chi connectivity index (χ1v) is 12.2. The highest BCUT2D eigenvalue weighted by Gasteiger charge is 2.35. The average molecular weight is 447 g/mol. The number of hydrogen-bond acceptors (Lipinski definition) is 4. The molecule has 0 spiro atoms. The van der Waals surface area contributed by atoms with Crippen LogP contribution in [0.4, 0.5) is 10.6 Å². The van der Waals surface area contributed by atoms with Gasteiger partial charge in [-0.25, -0.2) is 9.48 Å². The molecule has 1 aliphatic heterocycles. The van der Waals surface area contributed by atoms with E-state index in [1.54, 1.807) is 28.9 Å². The van der Waals surface area contributed by atoms with Crippen molar-refractivity contribution < 1.29 is 13.2 Å². The van der Waals surface area contributed by atoms with Gasteiger partial charge < -0.3 is 4.90 Å². The minimum atomic E-state index is -3.50. The molecule has 168 valence electrons. The van der Waals surface area contributed by atoms with Gasteiger partial charge in [0.1, 0.15) is 0 Å². The number of carbonyl (C=O) groups is 1. The maximum absolute atomic E-state index is 13.0. The molecule has 2 fully saturated rings. The zero-order chi connectivity index (χ0) is 21.8. The fraction of sp³-hybridized carbons (Fsp3) is 0.524. The molecule has 1 N–H and O–H groups in total. The van der Waals surface area contributed by atoms with Crippen molar-refractivity contribution in [2.45, 2.75) is 38.1 Å². The van der Waals surface area contributed by atoms with Crippen LogP contribution in [0.25, 0.3) is 5.69 Å². The van der Waals surface area contributed by atoms with Crippen molar-refractivity contribution in [2.75, 3.05) is 38.5 Å². The number of nitrogens with one attached hydrogen (secondary N) is 1. The van der Waals surface area contributed by atoms with Crippen LogP contribution in [0.15, 0.2) is 42.6 Å². The summed E-state index contributed by atoms with van der Waals surface area (Å²) >= 11 is 0. The number of urea groups is 1. The number of aromatic nitrogens is 2. The molecule has 0 radical (unpaired) electrons. The van der Waals surface area contributed by atoms with Crippen LogP contribution in [0, 0.1) is 0 Å². The van der Waals surface area contributed by atoms with Gasteiger partial charge in [0.05, 0.1) is 5.69 Å². The van der Waals surface area contributed by atoms with Crippen LogP contribution in [0.2, 0.25) is 0 Å². The van der Waals surface area contributed by atoms with Crippen molar-refractivity contribution in [1.82, 2.24) is 23.3 Å². The summed E-state index contributed by atoms with van der Waals surface area (Å²) in [4.78, 5) is 14.3. The van der Waals surface area contributed by atoms with Crippen molar-refractivity contribution in [3.63, 3.8) is 0 Å². The molecule has 2 aromatic rings. The first-order chi connectivity index (χ1) is 14.9. The molecule has 10 heteroatoms. The lowest BCUT2D eigenvalue weighted by Gasteiger charge is -2.38. The van der Waals surface area contributed by atoms with Gasteiger partial charge >= 0.3 is 6.03 Å². The Morgan fingerprint density at radius 1 is 1.03 bits per heavy atom. The summed E-state index contributed by atoms with van der Waals surface area (Å²) in [6, 6.07) is 11.2. The standard InChI is InChI=1S/C21H30N6O3S/c1-24(18-8-4-2-5-9-18)31(29,30)26-16-14-25(15-17-26)21(28)22-20-12-13-27(23-20)19-10-6-3-7-11-19/h3,6-7,10-13,18H,2,4-5,8-9,14-17H2,1H3,(H,22,23,28). The van der Waals surface area contributed by atoms with Crippen molar-refractivity contribution in [3.8, 4) is 5.69 Å².